The van der Waals surface area contributed by atoms with Gasteiger partial charge in [0.05, 0.1) is 0 Å². The fraction of sp³-hybridized carbons (Fsp3) is 0.500. The monoisotopic (exact) mass is 411 g/mol. The summed E-state index contributed by atoms with van der Waals surface area (Å²) in [4.78, 5) is 50.4. The summed E-state index contributed by atoms with van der Waals surface area (Å²) >= 11 is 1.20. The number of carbonyl (C=O) groups excluding carboxylic acids is 4. The Hall–Kier alpha value is -2.62. The maximum absolute atomic E-state index is 11.8. The SMILES string of the molecule is CC(=O)O[C@H]1[C@H](OC(C)=O)CSC(Oc2cccnc2C(C)=O)[C@@H]1OC(C)=O. The van der Waals surface area contributed by atoms with Crippen LogP contribution in [0.15, 0.2) is 18.3 Å². The standard InChI is InChI=1S/C18H21NO8S/c1-9(20)15-13(6-5-7-19-15)27-18-17(26-12(4)23)16(25-11(3)22)14(8-28-18)24-10(2)21/h5-7,14,16-18H,8H2,1-4H3/t14-,16+,17-,18?/m1/s1. The number of carbonyl (C=O) groups is 4. The zero-order valence-corrected chi connectivity index (χ0v) is 16.7. The van der Waals surface area contributed by atoms with E-state index in [4.69, 9.17) is 18.9 Å². The van der Waals surface area contributed by atoms with Crippen molar-refractivity contribution >= 4 is 35.5 Å². The van der Waals surface area contributed by atoms with Crippen LogP contribution in [0.1, 0.15) is 38.2 Å². The van der Waals surface area contributed by atoms with Crippen molar-refractivity contribution in [3.05, 3.63) is 24.0 Å². The quantitative estimate of drug-likeness (QED) is 0.387. The number of nitrogens with zero attached hydrogens (tertiary/aromatic N) is 1. The Balaban J connectivity index is 2.34. The minimum absolute atomic E-state index is 0.121. The van der Waals surface area contributed by atoms with Crippen molar-refractivity contribution in [2.24, 2.45) is 0 Å². The van der Waals surface area contributed by atoms with Crippen molar-refractivity contribution in [2.45, 2.75) is 51.4 Å². The summed E-state index contributed by atoms with van der Waals surface area (Å²) in [5, 5.41) is 0. The van der Waals surface area contributed by atoms with Crippen molar-refractivity contribution in [1.82, 2.24) is 4.98 Å². The predicted molar refractivity (Wildman–Crippen MR) is 97.8 cm³/mol. The third kappa shape index (κ3) is 5.69. The van der Waals surface area contributed by atoms with Crippen molar-refractivity contribution in [3.8, 4) is 5.75 Å². The lowest BCUT2D eigenvalue weighted by Gasteiger charge is -2.40. The van der Waals surface area contributed by atoms with E-state index in [0.717, 1.165) is 0 Å². The topological polar surface area (TPSA) is 118 Å². The van der Waals surface area contributed by atoms with Crippen LogP contribution in [0.5, 0.6) is 5.75 Å². The highest BCUT2D eigenvalue weighted by molar-refractivity contribution is 7.99. The van der Waals surface area contributed by atoms with Crippen molar-refractivity contribution in [1.29, 1.82) is 0 Å². The molecule has 28 heavy (non-hydrogen) atoms. The number of Topliss-reactive ketones (excluding diaryl/α,β-unsaturated/α-hetero) is 1. The average Bonchev–Trinajstić information content (AvgIpc) is 2.59. The van der Waals surface area contributed by atoms with E-state index in [0.29, 0.717) is 0 Å². The van der Waals surface area contributed by atoms with E-state index in [9.17, 15) is 19.2 Å². The zero-order valence-electron chi connectivity index (χ0n) is 15.9. The van der Waals surface area contributed by atoms with Crippen LogP contribution in [0.3, 0.4) is 0 Å². The van der Waals surface area contributed by atoms with Crippen LogP contribution in [0.2, 0.25) is 0 Å². The maximum atomic E-state index is 11.8. The van der Waals surface area contributed by atoms with Crippen LogP contribution in [0, 0.1) is 0 Å². The summed E-state index contributed by atoms with van der Waals surface area (Å²) in [6.07, 6.45) is -1.49. The lowest BCUT2D eigenvalue weighted by molar-refractivity contribution is -0.186. The summed E-state index contributed by atoms with van der Waals surface area (Å²) in [6, 6.07) is 3.16. The van der Waals surface area contributed by atoms with Crippen LogP contribution >= 0.6 is 11.8 Å². The molecule has 1 aliphatic heterocycles. The second-order valence-electron chi connectivity index (χ2n) is 6.02. The average molecular weight is 411 g/mol. The van der Waals surface area contributed by atoms with Gasteiger partial charge in [0.1, 0.15) is 5.69 Å². The van der Waals surface area contributed by atoms with Gasteiger partial charge in [-0.2, -0.15) is 0 Å². The van der Waals surface area contributed by atoms with Crippen LogP contribution in [0.25, 0.3) is 0 Å². The second-order valence-corrected chi connectivity index (χ2v) is 7.15. The number of rotatable bonds is 6. The Bertz CT molecular complexity index is 768. The van der Waals surface area contributed by atoms with Crippen molar-refractivity contribution in [3.63, 3.8) is 0 Å². The van der Waals surface area contributed by atoms with E-state index >= 15 is 0 Å². The molecule has 2 heterocycles. The lowest BCUT2D eigenvalue weighted by atomic mass is 10.1. The zero-order chi connectivity index (χ0) is 20.8. The molecule has 1 unspecified atom stereocenters. The van der Waals surface area contributed by atoms with Gasteiger partial charge in [0, 0.05) is 39.6 Å². The molecule has 2 rings (SSSR count). The Kier molecular flexibility index (Phi) is 7.38. The third-order valence-electron chi connectivity index (χ3n) is 3.65. The summed E-state index contributed by atoms with van der Waals surface area (Å²) in [5.74, 6) is -1.68. The third-order valence-corrected chi connectivity index (χ3v) is 4.87. The van der Waals surface area contributed by atoms with Gasteiger partial charge in [-0.05, 0) is 12.1 Å². The van der Waals surface area contributed by atoms with E-state index in [1.165, 1.54) is 45.7 Å². The molecule has 10 heteroatoms. The fourth-order valence-electron chi connectivity index (χ4n) is 2.69. The molecule has 1 fully saturated rings. The van der Waals surface area contributed by atoms with Gasteiger partial charge in [0.15, 0.2) is 35.3 Å². The molecular formula is C18H21NO8S. The summed E-state index contributed by atoms with van der Waals surface area (Å²) in [7, 11) is 0. The molecule has 9 nitrogen and oxygen atoms in total. The van der Waals surface area contributed by atoms with Crippen LogP contribution < -0.4 is 4.74 Å². The summed E-state index contributed by atoms with van der Waals surface area (Å²) < 4.78 is 21.8. The molecule has 1 saturated heterocycles. The smallest absolute Gasteiger partial charge is 0.303 e. The molecule has 0 saturated carbocycles. The molecule has 0 spiro atoms. The summed E-state index contributed by atoms with van der Waals surface area (Å²) in [6.45, 7) is 4.98. The predicted octanol–water partition coefficient (Wildman–Crippen LogP) is 1.53. The van der Waals surface area contributed by atoms with E-state index in [-0.39, 0.29) is 23.0 Å². The van der Waals surface area contributed by atoms with Crippen LogP contribution in [-0.4, -0.2) is 58.2 Å². The maximum Gasteiger partial charge on any atom is 0.303 e. The first-order valence-corrected chi connectivity index (χ1v) is 9.49. The van der Waals surface area contributed by atoms with Gasteiger partial charge >= 0.3 is 17.9 Å². The van der Waals surface area contributed by atoms with Gasteiger partial charge < -0.3 is 18.9 Å². The molecule has 1 aromatic rings. The molecule has 0 aromatic carbocycles. The Labute approximate surface area is 166 Å². The number of hydrogen-bond donors (Lipinski definition) is 0. The lowest BCUT2D eigenvalue weighted by Crippen LogP contribution is -2.55. The second kappa shape index (κ2) is 9.54. The summed E-state index contributed by atoms with van der Waals surface area (Å²) in [5.41, 5.74) is -0.696. The van der Waals surface area contributed by atoms with Crippen LogP contribution in [-0.2, 0) is 28.6 Å². The molecule has 0 N–H and O–H groups in total. The number of hydrogen-bond acceptors (Lipinski definition) is 10. The molecule has 0 amide bonds. The molecule has 152 valence electrons. The number of ether oxygens (including phenoxy) is 4. The Morgan fingerprint density at radius 3 is 2.14 bits per heavy atom. The highest BCUT2D eigenvalue weighted by Crippen LogP contribution is 2.34. The number of ketones is 1. The Morgan fingerprint density at radius 2 is 1.57 bits per heavy atom. The first-order chi connectivity index (χ1) is 13.2. The minimum Gasteiger partial charge on any atom is -0.473 e. The molecule has 0 bridgehead atoms. The van der Waals surface area contributed by atoms with Gasteiger partial charge in [-0.25, -0.2) is 4.98 Å². The number of esters is 3. The molecule has 0 radical (unpaired) electrons. The highest BCUT2D eigenvalue weighted by atomic mass is 32.2. The van der Waals surface area contributed by atoms with E-state index in [1.54, 1.807) is 12.1 Å². The van der Waals surface area contributed by atoms with Gasteiger partial charge in [-0.15, -0.1) is 11.8 Å². The molecule has 4 atom stereocenters. The van der Waals surface area contributed by atoms with Crippen molar-refractivity contribution in [2.75, 3.05) is 5.75 Å². The van der Waals surface area contributed by atoms with E-state index in [1.807, 2.05) is 0 Å². The highest BCUT2D eigenvalue weighted by Gasteiger charge is 2.47. The van der Waals surface area contributed by atoms with Gasteiger partial charge in [0.25, 0.3) is 0 Å². The first kappa shape index (κ1) is 21.7. The van der Waals surface area contributed by atoms with E-state index in [2.05, 4.69) is 4.98 Å². The van der Waals surface area contributed by atoms with Gasteiger partial charge in [-0.3, -0.25) is 19.2 Å². The minimum atomic E-state index is -1.07. The molecular weight excluding hydrogens is 390 g/mol. The molecule has 0 aliphatic carbocycles. The van der Waals surface area contributed by atoms with Crippen LogP contribution in [0.4, 0.5) is 0 Å². The number of pyridine rings is 1. The molecule has 1 aromatic heterocycles. The number of aromatic nitrogens is 1. The molecule has 1 aliphatic rings. The largest absolute Gasteiger partial charge is 0.473 e. The first-order valence-electron chi connectivity index (χ1n) is 8.45. The fourth-order valence-corrected chi connectivity index (χ4v) is 3.89. The number of thioether (sulfide) groups is 1. The van der Waals surface area contributed by atoms with Gasteiger partial charge in [0.2, 0.25) is 0 Å². The van der Waals surface area contributed by atoms with Gasteiger partial charge in [-0.1, -0.05) is 0 Å². The van der Waals surface area contributed by atoms with Crippen molar-refractivity contribution < 1.29 is 38.1 Å². The van der Waals surface area contributed by atoms with E-state index < -0.39 is 41.7 Å². The normalized spacial score (nSPS) is 24.0. The Morgan fingerprint density at radius 1 is 0.964 bits per heavy atom.